The van der Waals surface area contributed by atoms with Crippen molar-refractivity contribution in [3.63, 3.8) is 0 Å². The normalized spacial score (nSPS) is 25.9. The number of hydrogen-bond acceptors (Lipinski definition) is 2. The number of ether oxygens (including phenoxy) is 1. The number of benzene rings is 2. The predicted molar refractivity (Wildman–Crippen MR) is 140 cm³/mol. The number of nitrogens with zero attached hydrogens (tertiary/aromatic N) is 1. The van der Waals surface area contributed by atoms with Crippen LogP contribution in [0.1, 0.15) is 69.0 Å². The van der Waals surface area contributed by atoms with E-state index in [0.29, 0.717) is 29.0 Å². The third-order valence-electron chi connectivity index (χ3n) is 7.41. The van der Waals surface area contributed by atoms with Crippen molar-refractivity contribution >= 4 is 29.1 Å². The van der Waals surface area contributed by atoms with Crippen LogP contribution in [-0.4, -0.2) is 30.1 Å². The third kappa shape index (κ3) is 5.53. The molecule has 0 aromatic heterocycles. The second kappa shape index (κ2) is 10.8. The van der Waals surface area contributed by atoms with E-state index < -0.39 is 5.41 Å². The molecule has 1 saturated heterocycles. The second-order valence-electron chi connectivity index (χ2n) is 10.2. The molecule has 2 aromatic carbocycles. The van der Waals surface area contributed by atoms with Crippen molar-refractivity contribution in [3.8, 4) is 0 Å². The van der Waals surface area contributed by atoms with Gasteiger partial charge in [-0.2, -0.15) is 0 Å². The minimum Gasteiger partial charge on any atom is -0.379 e. The maximum Gasteiger partial charge on any atom is 0.229 e. The van der Waals surface area contributed by atoms with Crippen LogP contribution in [0.3, 0.4) is 0 Å². The van der Waals surface area contributed by atoms with Crippen LogP contribution < -0.4 is 0 Å². The number of allylic oxidation sites excluding steroid dienone is 1. The van der Waals surface area contributed by atoms with E-state index in [4.69, 9.17) is 27.9 Å². The maximum absolute atomic E-state index is 14.2. The van der Waals surface area contributed by atoms with E-state index in [2.05, 4.69) is 43.5 Å². The van der Waals surface area contributed by atoms with Crippen LogP contribution in [0.4, 0.5) is 0 Å². The lowest BCUT2D eigenvalue weighted by molar-refractivity contribution is -0.156. The summed E-state index contributed by atoms with van der Waals surface area (Å²) in [6.07, 6.45) is 6.56. The Morgan fingerprint density at radius 2 is 1.88 bits per heavy atom. The zero-order chi connectivity index (χ0) is 24.3. The highest BCUT2D eigenvalue weighted by Gasteiger charge is 2.50. The van der Waals surface area contributed by atoms with Gasteiger partial charge in [-0.1, -0.05) is 67.4 Å². The van der Waals surface area contributed by atoms with E-state index in [1.54, 1.807) is 0 Å². The van der Waals surface area contributed by atoms with Crippen molar-refractivity contribution in [2.24, 2.45) is 11.3 Å². The lowest BCUT2D eigenvalue weighted by atomic mass is 9.67. The van der Waals surface area contributed by atoms with Crippen molar-refractivity contribution in [1.82, 2.24) is 4.90 Å². The molecule has 1 aliphatic heterocycles. The minimum atomic E-state index is -0.540. The molecule has 34 heavy (non-hydrogen) atoms. The molecule has 0 bridgehead atoms. The molecule has 0 radical (unpaired) electrons. The monoisotopic (exact) mass is 499 g/mol. The Morgan fingerprint density at radius 3 is 2.50 bits per heavy atom. The number of rotatable bonds is 10. The summed E-state index contributed by atoms with van der Waals surface area (Å²) in [4.78, 5) is 16.3. The average molecular weight is 501 g/mol. The Labute approximate surface area is 214 Å². The maximum atomic E-state index is 14.2. The Balaban J connectivity index is 1.79. The molecule has 1 amide bonds. The molecule has 1 aliphatic carbocycles. The zero-order valence-electron chi connectivity index (χ0n) is 20.2. The highest BCUT2D eigenvalue weighted by atomic mass is 35.5. The topological polar surface area (TPSA) is 29.5 Å². The van der Waals surface area contributed by atoms with E-state index in [1.165, 1.54) is 12.8 Å². The van der Waals surface area contributed by atoms with Crippen LogP contribution >= 0.6 is 23.2 Å². The Hall–Kier alpha value is -1.81. The first-order valence-electron chi connectivity index (χ1n) is 12.4. The molecule has 4 unspecified atom stereocenters. The summed E-state index contributed by atoms with van der Waals surface area (Å²) in [6, 6.07) is 15.9. The lowest BCUT2D eigenvalue weighted by Crippen LogP contribution is -2.56. The van der Waals surface area contributed by atoms with Crippen LogP contribution in [-0.2, 0) is 9.53 Å². The van der Waals surface area contributed by atoms with E-state index >= 15 is 0 Å². The van der Waals surface area contributed by atoms with Gasteiger partial charge >= 0.3 is 0 Å². The van der Waals surface area contributed by atoms with Crippen molar-refractivity contribution < 1.29 is 9.53 Å². The van der Waals surface area contributed by atoms with Gasteiger partial charge in [-0.05, 0) is 73.4 Å². The fraction of sp³-hybridized carbons (Fsp3) is 0.483. The van der Waals surface area contributed by atoms with Gasteiger partial charge in [-0.15, -0.1) is 6.58 Å². The summed E-state index contributed by atoms with van der Waals surface area (Å²) in [5.74, 6) is 0.944. The first kappa shape index (κ1) is 25.3. The Morgan fingerprint density at radius 1 is 1.15 bits per heavy atom. The van der Waals surface area contributed by atoms with Gasteiger partial charge < -0.3 is 9.64 Å². The minimum absolute atomic E-state index is 0.0157. The molecular weight excluding hydrogens is 465 g/mol. The summed E-state index contributed by atoms with van der Waals surface area (Å²) in [7, 11) is 0. The SMILES string of the molecule is C=CCC1(C)CC(c2cccc(Cl)c2)C(c2ccc(Cl)cc2)N(C(CC)COCC2CC2)C1=O. The van der Waals surface area contributed by atoms with Gasteiger partial charge in [-0.25, -0.2) is 0 Å². The Kier molecular flexibility index (Phi) is 8.07. The van der Waals surface area contributed by atoms with Crippen LogP contribution in [0.5, 0.6) is 0 Å². The Bertz CT molecular complexity index is 1000. The molecule has 4 rings (SSSR count). The summed E-state index contributed by atoms with van der Waals surface area (Å²) in [5.41, 5.74) is 1.69. The van der Waals surface area contributed by atoms with Crippen molar-refractivity contribution in [1.29, 1.82) is 0 Å². The van der Waals surface area contributed by atoms with Crippen molar-refractivity contribution in [3.05, 3.63) is 82.4 Å². The van der Waals surface area contributed by atoms with Crippen molar-refractivity contribution in [2.75, 3.05) is 13.2 Å². The molecule has 2 aromatic rings. The first-order chi connectivity index (χ1) is 16.4. The quantitative estimate of drug-likeness (QED) is 0.311. The van der Waals surface area contributed by atoms with Gasteiger partial charge in [0.1, 0.15) is 0 Å². The summed E-state index contributed by atoms with van der Waals surface area (Å²) >= 11 is 12.7. The molecule has 1 heterocycles. The van der Waals surface area contributed by atoms with Gasteiger partial charge in [-0.3, -0.25) is 4.79 Å². The molecule has 2 aliphatic rings. The molecular formula is C29H35Cl2NO2. The molecule has 2 fully saturated rings. The summed E-state index contributed by atoms with van der Waals surface area (Å²) in [6.45, 7) is 9.53. The number of piperidine rings is 1. The summed E-state index contributed by atoms with van der Waals surface area (Å²) < 4.78 is 6.15. The molecule has 182 valence electrons. The van der Waals surface area contributed by atoms with Crippen LogP contribution in [0.15, 0.2) is 61.2 Å². The average Bonchev–Trinajstić information content (AvgIpc) is 3.64. The molecule has 0 spiro atoms. The molecule has 3 nitrogen and oxygen atoms in total. The number of hydrogen-bond donors (Lipinski definition) is 0. The third-order valence-corrected chi connectivity index (χ3v) is 7.90. The second-order valence-corrected chi connectivity index (χ2v) is 11.0. The van der Waals surface area contributed by atoms with Crippen LogP contribution in [0.25, 0.3) is 0 Å². The highest BCUT2D eigenvalue weighted by Crippen LogP contribution is 2.52. The van der Waals surface area contributed by atoms with Gasteiger partial charge in [0.2, 0.25) is 5.91 Å². The zero-order valence-corrected chi connectivity index (χ0v) is 21.7. The molecule has 4 atom stereocenters. The number of amides is 1. The predicted octanol–water partition coefficient (Wildman–Crippen LogP) is 7.84. The van der Waals surface area contributed by atoms with Gasteiger partial charge in [0, 0.05) is 22.6 Å². The molecule has 1 saturated carbocycles. The van der Waals surface area contributed by atoms with Gasteiger partial charge in [0.25, 0.3) is 0 Å². The van der Waals surface area contributed by atoms with E-state index in [1.807, 2.05) is 36.4 Å². The summed E-state index contributed by atoms with van der Waals surface area (Å²) in [5, 5.41) is 1.40. The van der Waals surface area contributed by atoms with Crippen LogP contribution in [0, 0.1) is 11.3 Å². The van der Waals surface area contributed by atoms with Gasteiger partial charge in [0.05, 0.1) is 24.1 Å². The lowest BCUT2D eigenvalue weighted by Gasteiger charge is -2.52. The largest absolute Gasteiger partial charge is 0.379 e. The van der Waals surface area contributed by atoms with E-state index in [-0.39, 0.29) is 23.9 Å². The number of likely N-dealkylation sites (tertiary alicyclic amines) is 1. The number of carbonyl (C=O) groups excluding carboxylic acids is 1. The highest BCUT2D eigenvalue weighted by molar-refractivity contribution is 6.30. The molecule has 0 N–H and O–H groups in total. The van der Waals surface area contributed by atoms with Gasteiger partial charge in [0.15, 0.2) is 0 Å². The fourth-order valence-corrected chi connectivity index (χ4v) is 5.66. The molecule has 5 heteroatoms. The standard InChI is InChI=1S/C29H35Cl2NO2/c1-4-15-29(3)17-26(22-7-6-8-24(31)16-22)27(21-11-13-23(30)14-12-21)32(28(29)33)25(5-2)19-34-18-20-9-10-20/h4,6-8,11-14,16,20,25-27H,1,5,9-10,15,17-19H2,2-3H3. The smallest absolute Gasteiger partial charge is 0.229 e. The first-order valence-corrected chi connectivity index (χ1v) is 13.1. The number of carbonyl (C=O) groups is 1. The van der Waals surface area contributed by atoms with E-state index in [9.17, 15) is 4.79 Å². The number of halogens is 2. The van der Waals surface area contributed by atoms with Crippen molar-refractivity contribution in [2.45, 2.75) is 64.0 Å². The van der Waals surface area contributed by atoms with Crippen LogP contribution in [0.2, 0.25) is 10.0 Å². The fourth-order valence-electron chi connectivity index (χ4n) is 5.34. The van der Waals surface area contributed by atoms with E-state index in [0.717, 1.165) is 30.6 Å².